The van der Waals surface area contributed by atoms with Gasteiger partial charge in [-0.3, -0.25) is 0 Å². The Labute approximate surface area is 151 Å². The molecule has 0 unspecified atom stereocenters. The molecule has 0 aliphatic carbocycles. The van der Waals surface area contributed by atoms with Gasteiger partial charge >= 0.3 is 0 Å². The summed E-state index contributed by atoms with van der Waals surface area (Å²) >= 11 is 0. The van der Waals surface area contributed by atoms with Crippen LogP contribution in [0.3, 0.4) is 0 Å². The van der Waals surface area contributed by atoms with Crippen LogP contribution in [-0.4, -0.2) is 50.3 Å². The van der Waals surface area contributed by atoms with E-state index < -0.39 is 10.0 Å². The lowest BCUT2D eigenvalue weighted by molar-refractivity contribution is 0.187. The molecule has 134 valence electrons. The number of nitrogens with zero attached hydrogens (tertiary/aromatic N) is 2. The first-order valence-electron chi connectivity index (χ1n) is 8.89. The van der Waals surface area contributed by atoms with Crippen LogP contribution in [0, 0.1) is 6.92 Å². The zero-order valence-corrected chi connectivity index (χ0v) is 15.6. The molecule has 0 N–H and O–H groups in total. The zero-order valence-electron chi connectivity index (χ0n) is 14.8. The fraction of sp³-hybridized carbons (Fsp3) is 0.400. The van der Waals surface area contributed by atoms with E-state index in [1.54, 1.807) is 16.4 Å². The van der Waals surface area contributed by atoms with Gasteiger partial charge < -0.3 is 4.90 Å². The highest BCUT2D eigenvalue weighted by atomic mass is 32.2. The Morgan fingerprint density at radius 2 is 1.52 bits per heavy atom. The minimum Gasteiger partial charge on any atom is -0.301 e. The summed E-state index contributed by atoms with van der Waals surface area (Å²) in [6.45, 7) is 5.74. The summed E-state index contributed by atoms with van der Waals surface area (Å²) in [6, 6.07) is 17.6. The van der Waals surface area contributed by atoms with Gasteiger partial charge in [0.25, 0.3) is 0 Å². The van der Waals surface area contributed by atoms with Crippen LogP contribution in [-0.2, 0) is 16.4 Å². The molecular formula is C20H26N2O2S. The van der Waals surface area contributed by atoms with Gasteiger partial charge in [-0.1, -0.05) is 48.0 Å². The minimum atomic E-state index is -3.36. The van der Waals surface area contributed by atoms with Gasteiger partial charge in [0, 0.05) is 26.2 Å². The highest BCUT2D eigenvalue weighted by Gasteiger charge is 2.28. The van der Waals surface area contributed by atoms with E-state index in [0.717, 1.165) is 38.0 Å². The number of piperazine rings is 1. The summed E-state index contributed by atoms with van der Waals surface area (Å²) in [7, 11) is -3.36. The van der Waals surface area contributed by atoms with E-state index in [0.29, 0.717) is 18.0 Å². The van der Waals surface area contributed by atoms with E-state index in [2.05, 4.69) is 29.2 Å². The maximum atomic E-state index is 12.7. The lowest BCUT2D eigenvalue weighted by atomic mass is 10.1. The van der Waals surface area contributed by atoms with Gasteiger partial charge in [-0.2, -0.15) is 4.31 Å². The summed E-state index contributed by atoms with van der Waals surface area (Å²) < 4.78 is 27.0. The summed E-state index contributed by atoms with van der Waals surface area (Å²) in [6.07, 6.45) is 2.18. The van der Waals surface area contributed by atoms with Crippen LogP contribution in [0.15, 0.2) is 59.5 Å². The lowest BCUT2D eigenvalue weighted by Crippen LogP contribution is -2.48. The largest absolute Gasteiger partial charge is 0.301 e. The monoisotopic (exact) mass is 358 g/mol. The Hall–Kier alpha value is -1.69. The first-order valence-corrected chi connectivity index (χ1v) is 10.3. The van der Waals surface area contributed by atoms with Crippen molar-refractivity contribution in [2.75, 3.05) is 32.7 Å². The third-order valence-corrected chi connectivity index (χ3v) is 6.69. The highest BCUT2D eigenvalue weighted by molar-refractivity contribution is 7.89. The van der Waals surface area contributed by atoms with Crippen LogP contribution in [0.4, 0.5) is 0 Å². The number of aryl methyl sites for hydroxylation is 2. The van der Waals surface area contributed by atoms with Crippen LogP contribution < -0.4 is 0 Å². The zero-order chi connectivity index (χ0) is 17.7. The Bertz CT molecular complexity index is 765. The van der Waals surface area contributed by atoms with Crippen molar-refractivity contribution >= 4 is 10.0 Å². The average molecular weight is 359 g/mol. The second kappa shape index (κ2) is 8.13. The second-order valence-electron chi connectivity index (χ2n) is 6.65. The van der Waals surface area contributed by atoms with Crippen molar-refractivity contribution in [3.8, 4) is 0 Å². The lowest BCUT2D eigenvalue weighted by Gasteiger charge is -2.34. The molecule has 4 nitrogen and oxygen atoms in total. The Balaban J connectivity index is 1.49. The van der Waals surface area contributed by atoms with E-state index >= 15 is 0 Å². The van der Waals surface area contributed by atoms with Gasteiger partial charge in [-0.25, -0.2) is 8.42 Å². The van der Waals surface area contributed by atoms with Gasteiger partial charge in [0.15, 0.2) is 0 Å². The van der Waals surface area contributed by atoms with Crippen LogP contribution in [0.1, 0.15) is 17.5 Å². The van der Waals surface area contributed by atoms with Crippen LogP contribution in [0.25, 0.3) is 0 Å². The van der Waals surface area contributed by atoms with Gasteiger partial charge in [-0.15, -0.1) is 0 Å². The summed E-state index contributed by atoms with van der Waals surface area (Å²) in [5.41, 5.74) is 2.44. The van der Waals surface area contributed by atoms with Crippen molar-refractivity contribution in [3.63, 3.8) is 0 Å². The number of hydrogen-bond donors (Lipinski definition) is 0. The van der Waals surface area contributed by atoms with Crippen LogP contribution >= 0.6 is 0 Å². The van der Waals surface area contributed by atoms with Gasteiger partial charge in [-0.05, 0) is 44.0 Å². The Morgan fingerprint density at radius 1 is 0.880 bits per heavy atom. The second-order valence-corrected chi connectivity index (χ2v) is 8.59. The molecule has 0 atom stereocenters. The van der Waals surface area contributed by atoms with Crippen molar-refractivity contribution in [1.82, 2.24) is 9.21 Å². The summed E-state index contributed by atoms with van der Waals surface area (Å²) in [5.74, 6) is 0. The van der Waals surface area contributed by atoms with Crippen LogP contribution in [0.5, 0.6) is 0 Å². The fourth-order valence-corrected chi connectivity index (χ4v) is 4.63. The Morgan fingerprint density at radius 3 is 2.16 bits per heavy atom. The SMILES string of the molecule is Cc1ccc(S(=O)(=O)N2CCN(CCCc3ccccc3)CC2)cc1. The molecule has 0 radical (unpaired) electrons. The van der Waals surface area contributed by atoms with Gasteiger partial charge in [0.05, 0.1) is 4.90 Å². The molecule has 1 heterocycles. The molecule has 0 aromatic heterocycles. The van der Waals surface area contributed by atoms with E-state index in [9.17, 15) is 8.42 Å². The van der Waals surface area contributed by atoms with Gasteiger partial charge in [0.2, 0.25) is 10.0 Å². The molecule has 5 heteroatoms. The molecule has 1 aliphatic heterocycles. The molecule has 0 spiro atoms. The molecule has 1 aliphatic rings. The predicted molar refractivity (Wildman–Crippen MR) is 101 cm³/mol. The molecule has 1 fully saturated rings. The molecule has 0 amide bonds. The number of benzene rings is 2. The summed E-state index contributed by atoms with van der Waals surface area (Å²) in [4.78, 5) is 2.76. The third kappa shape index (κ3) is 4.69. The quantitative estimate of drug-likeness (QED) is 0.797. The van der Waals surface area contributed by atoms with Crippen molar-refractivity contribution in [1.29, 1.82) is 0 Å². The van der Waals surface area contributed by atoms with Crippen molar-refractivity contribution in [2.45, 2.75) is 24.7 Å². The topological polar surface area (TPSA) is 40.6 Å². The van der Waals surface area contributed by atoms with E-state index in [1.807, 2.05) is 25.1 Å². The molecule has 0 bridgehead atoms. The highest BCUT2D eigenvalue weighted by Crippen LogP contribution is 2.18. The van der Waals surface area contributed by atoms with E-state index in [1.165, 1.54) is 5.56 Å². The summed E-state index contributed by atoms with van der Waals surface area (Å²) in [5, 5.41) is 0. The van der Waals surface area contributed by atoms with Crippen molar-refractivity contribution in [2.24, 2.45) is 0 Å². The molecular weight excluding hydrogens is 332 g/mol. The maximum absolute atomic E-state index is 12.7. The molecule has 0 saturated carbocycles. The van der Waals surface area contributed by atoms with Crippen LogP contribution in [0.2, 0.25) is 0 Å². The average Bonchev–Trinajstić information content (AvgIpc) is 2.63. The van der Waals surface area contributed by atoms with Gasteiger partial charge in [0.1, 0.15) is 0 Å². The predicted octanol–water partition coefficient (Wildman–Crippen LogP) is 2.93. The third-order valence-electron chi connectivity index (χ3n) is 4.77. The number of sulfonamides is 1. The molecule has 3 rings (SSSR count). The van der Waals surface area contributed by atoms with Crippen molar-refractivity contribution < 1.29 is 8.42 Å². The van der Waals surface area contributed by atoms with E-state index in [-0.39, 0.29) is 0 Å². The molecule has 2 aromatic rings. The smallest absolute Gasteiger partial charge is 0.243 e. The molecule has 2 aromatic carbocycles. The van der Waals surface area contributed by atoms with Crippen molar-refractivity contribution in [3.05, 3.63) is 65.7 Å². The normalized spacial score (nSPS) is 16.8. The molecule has 1 saturated heterocycles. The number of hydrogen-bond acceptors (Lipinski definition) is 3. The molecule has 25 heavy (non-hydrogen) atoms. The maximum Gasteiger partial charge on any atom is 0.243 e. The first-order chi connectivity index (χ1) is 12.1. The number of rotatable bonds is 6. The first kappa shape index (κ1) is 18.1. The minimum absolute atomic E-state index is 0.399. The Kier molecular flexibility index (Phi) is 5.89. The fourth-order valence-electron chi connectivity index (χ4n) is 3.20. The van der Waals surface area contributed by atoms with E-state index in [4.69, 9.17) is 0 Å². The standard InChI is InChI=1S/C20H26N2O2S/c1-18-9-11-20(12-10-18)25(23,24)22-16-14-21(15-17-22)13-5-8-19-6-3-2-4-7-19/h2-4,6-7,9-12H,5,8,13-17H2,1H3.